The molecule has 0 aromatic heterocycles. The molecule has 1 aromatic carbocycles. The van der Waals surface area contributed by atoms with Crippen molar-refractivity contribution >= 4 is 28.9 Å². The van der Waals surface area contributed by atoms with Gasteiger partial charge in [-0.25, -0.2) is 4.79 Å². The van der Waals surface area contributed by atoms with E-state index in [1.54, 1.807) is 6.92 Å². The number of benzene rings is 1. The Morgan fingerprint density at radius 3 is 2.38 bits per heavy atom. The summed E-state index contributed by atoms with van der Waals surface area (Å²) in [6.07, 6.45) is 3.16. The molecule has 1 aliphatic rings. The van der Waals surface area contributed by atoms with Crippen molar-refractivity contribution in [1.29, 1.82) is 0 Å². The van der Waals surface area contributed by atoms with Crippen molar-refractivity contribution < 1.29 is 19.1 Å². The summed E-state index contributed by atoms with van der Waals surface area (Å²) in [4.78, 5) is 38.0. The van der Waals surface area contributed by atoms with Crippen LogP contribution in [-0.2, 0) is 19.1 Å². The molecule has 142 valence electrons. The molecule has 0 aliphatic carbocycles. The van der Waals surface area contributed by atoms with E-state index in [0.717, 1.165) is 31.6 Å². The number of esters is 1. The molecule has 0 bridgehead atoms. The van der Waals surface area contributed by atoms with Crippen LogP contribution in [0.3, 0.4) is 0 Å². The summed E-state index contributed by atoms with van der Waals surface area (Å²) in [6, 6.07) is 6.61. The van der Waals surface area contributed by atoms with E-state index in [2.05, 4.69) is 10.2 Å². The summed E-state index contributed by atoms with van der Waals surface area (Å²) >= 11 is 0. The van der Waals surface area contributed by atoms with E-state index < -0.39 is 12.0 Å². The van der Waals surface area contributed by atoms with E-state index in [1.807, 2.05) is 31.2 Å². The van der Waals surface area contributed by atoms with Crippen molar-refractivity contribution in [3.05, 3.63) is 24.3 Å². The number of nitrogens with one attached hydrogen (secondary N) is 1. The van der Waals surface area contributed by atoms with Gasteiger partial charge in [0, 0.05) is 43.7 Å². The van der Waals surface area contributed by atoms with E-state index in [0.29, 0.717) is 30.7 Å². The van der Waals surface area contributed by atoms with Crippen LogP contribution in [0, 0.1) is 0 Å². The van der Waals surface area contributed by atoms with Gasteiger partial charge in [0.1, 0.15) is 5.78 Å². The van der Waals surface area contributed by atoms with Gasteiger partial charge in [-0.1, -0.05) is 13.3 Å². The lowest BCUT2D eigenvalue weighted by Gasteiger charge is -2.28. The maximum absolute atomic E-state index is 12.4. The fourth-order valence-electron chi connectivity index (χ4n) is 2.94. The second kappa shape index (κ2) is 9.94. The minimum absolute atomic E-state index is 0.149. The standard InChI is InChI=1S/C20H28N2O4/c1-3-5-6-18(24)19(20(25)26-4-2)21-15-7-9-16(10-8-15)22-13-11-17(23)12-14-22/h7-10,19,21H,3-6,11-14H2,1-2H3. The lowest BCUT2D eigenvalue weighted by Crippen LogP contribution is -2.39. The lowest BCUT2D eigenvalue weighted by molar-refractivity contribution is -0.146. The third-order valence-corrected chi connectivity index (χ3v) is 4.49. The SMILES string of the molecule is CCCCC(=O)C(Nc1ccc(N2CCC(=O)CC2)cc1)C(=O)OCC. The zero-order valence-corrected chi connectivity index (χ0v) is 15.6. The normalized spacial score (nSPS) is 15.5. The molecule has 1 fully saturated rings. The number of piperidine rings is 1. The predicted octanol–water partition coefficient (Wildman–Crippen LogP) is 2.96. The number of rotatable bonds is 9. The van der Waals surface area contributed by atoms with Crippen LogP contribution in [0.25, 0.3) is 0 Å². The highest BCUT2D eigenvalue weighted by atomic mass is 16.5. The molecule has 1 N–H and O–H groups in total. The van der Waals surface area contributed by atoms with Gasteiger partial charge < -0.3 is 15.0 Å². The molecule has 0 radical (unpaired) electrons. The number of ketones is 2. The number of unbranched alkanes of at least 4 members (excludes halogenated alkanes) is 1. The molecule has 6 heteroatoms. The van der Waals surface area contributed by atoms with Crippen LogP contribution in [0.1, 0.15) is 46.0 Å². The summed E-state index contributed by atoms with van der Waals surface area (Å²) < 4.78 is 5.04. The van der Waals surface area contributed by atoms with E-state index >= 15 is 0 Å². The minimum Gasteiger partial charge on any atom is -0.464 e. The fraction of sp³-hybridized carbons (Fsp3) is 0.550. The second-order valence-corrected chi connectivity index (χ2v) is 6.47. The van der Waals surface area contributed by atoms with Gasteiger partial charge in [0.05, 0.1) is 6.61 Å². The summed E-state index contributed by atoms with van der Waals surface area (Å²) in [7, 11) is 0. The Hall–Kier alpha value is -2.37. The van der Waals surface area contributed by atoms with Crippen LogP contribution in [0.4, 0.5) is 11.4 Å². The summed E-state index contributed by atoms with van der Waals surface area (Å²) in [5, 5.41) is 3.01. The number of carbonyl (C=O) groups is 3. The van der Waals surface area contributed by atoms with Crippen LogP contribution in [-0.4, -0.2) is 43.3 Å². The molecule has 6 nitrogen and oxygen atoms in total. The van der Waals surface area contributed by atoms with Gasteiger partial charge in [-0.2, -0.15) is 0 Å². The van der Waals surface area contributed by atoms with Crippen LogP contribution < -0.4 is 10.2 Å². The molecule has 2 rings (SSSR count). The Morgan fingerprint density at radius 2 is 1.81 bits per heavy atom. The molecule has 1 unspecified atom stereocenters. The number of hydrogen-bond acceptors (Lipinski definition) is 6. The van der Waals surface area contributed by atoms with Gasteiger partial charge in [0.15, 0.2) is 11.8 Å². The molecule has 0 saturated carbocycles. The van der Waals surface area contributed by atoms with Crippen molar-refractivity contribution in [3.8, 4) is 0 Å². The number of hydrogen-bond donors (Lipinski definition) is 1. The second-order valence-electron chi connectivity index (χ2n) is 6.47. The number of Topliss-reactive ketones (excluding diaryl/α,β-unsaturated/α-hetero) is 2. The van der Waals surface area contributed by atoms with E-state index in [4.69, 9.17) is 4.74 Å². The summed E-state index contributed by atoms with van der Waals surface area (Å²) in [5.74, 6) is -0.376. The Balaban J connectivity index is 2.03. The highest BCUT2D eigenvalue weighted by Crippen LogP contribution is 2.21. The number of anilines is 2. The lowest BCUT2D eigenvalue weighted by atomic mass is 10.1. The molecule has 1 saturated heterocycles. The van der Waals surface area contributed by atoms with E-state index in [-0.39, 0.29) is 12.4 Å². The molecule has 1 heterocycles. The minimum atomic E-state index is -0.972. The van der Waals surface area contributed by atoms with Crippen LogP contribution in [0.15, 0.2) is 24.3 Å². The predicted molar refractivity (Wildman–Crippen MR) is 101 cm³/mol. The number of nitrogens with zero attached hydrogens (tertiary/aromatic N) is 1. The van der Waals surface area contributed by atoms with E-state index in [9.17, 15) is 14.4 Å². The molecule has 0 spiro atoms. The maximum Gasteiger partial charge on any atom is 0.336 e. The molecule has 26 heavy (non-hydrogen) atoms. The first-order valence-corrected chi connectivity index (χ1v) is 9.37. The highest BCUT2D eigenvalue weighted by Gasteiger charge is 2.27. The van der Waals surface area contributed by atoms with Crippen LogP contribution in [0.5, 0.6) is 0 Å². The van der Waals surface area contributed by atoms with Crippen molar-refractivity contribution in [2.45, 2.75) is 52.0 Å². The molecule has 1 atom stereocenters. The summed E-state index contributed by atoms with van der Waals surface area (Å²) in [6.45, 7) is 5.43. The molecular formula is C20H28N2O4. The van der Waals surface area contributed by atoms with Crippen molar-refractivity contribution in [2.24, 2.45) is 0 Å². The summed E-state index contributed by atoms with van der Waals surface area (Å²) in [5.41, 5.74) is 1.73. The van der Waals surface area contributed by atoms with Gasteiger partial charge in [-0.05, 0) is 37.6 Å². The van der Waals surface area contributed by atoms with Crippen molar-refractivity contribution in [3.63, 3.8) is 0 Å². The molecule has 1 aliphatic heterocycles. The highest BCUT2D eigenvalue weighted by molar-refractivity contribution is 6.05. The van der Waals surface area contributed by atoms with Crippen molar-refractivity contribution in [1.82, 2.24) is 0 Å². The monoisotopic (exact) mass is 360 g/mol. The third kappa shape index (κ3) is 5.58. The van der Waals surface area contributed by atoms with Gasteiger partial charge in [0.25, 0.3) is 0 Å². The fourth-order valence-corrected chi connectivity index (χ4v) is 2.94. The Kier molecular flexibility index (Phi) is 7.63. The van der Waals surface area contributed by atoms with Crippen molar-refractivity contribution in [2.75, 3.05) is 29.9 Å². The third-order valence-electron chi connectivity index (χ3n) is 4.49. The zero-order valence-electron chi connectivity index (χ0n) is 15.6. The smallest absolute Gasteiger partial charge is 0.336 e. The zero-order chi connectivity index (χ0) is 18.9. The maximum atomic E-state index is 12.4. The quantitative estimate of drug-likeness (QED) is 0.539. The largest absolute Gasteiger partial charge is 0.464 e. The molecule has 0 amide bonds. The average Bonchev–Trinajstić information content (AvgIpc) is 2.65. The average molecular weight is 360 g/mol. The number of ether oxygens (including phenoxy) is 1. The van der Waals surface area contributed by atoms with Gasteiger partial charge in [-0.3, -0.25) is 9.59 Å². The first kappa shape index (κ1) is 19.9. The molecule has 1 aromatic rings. The van der Waals surface area contributed by atoms with E-state index in [1.165, 1.54) is 0 Å². The first-order valence-electron chi connectivity index (χ1n) is 9.37. The van der Waals surface area contributed by atoms with Gasteiger partial charge >= 0.3 is 5.97 Å². The Morgan fingerprint density at radius 1 is 1.15 bits per heavy atom. The Bertz CT molecular complexity index is 617. The van der Waals surface area contributed by atoms with Crippen LogP contribution in [0.2, 0.25) is 0 Å². The van der Waals surface area contributed by atoms with Gasteiger partial charge in [0.2, 0.25) is 0 Å². The first-order chi connectivity index (χ1) is 12.5. The number of carbonyl (C=O) groups excluding carboxylic acids is 3. The Labute approximate surface area is 154 Å². The van der Waals surface area contributed by atoms with Crippen LogP contribution >= 0.6 is 0 Å². The van der Waals surface area contributed by atoms with Gasteiger partial charge in [-0.15, -0.1) is 0 Å². The molecular weight excluding hydrogens is 332 g/mol. The topological polar surface area (TPSA) is 75.7 Å².